The summed E-state index contributed by atoms with van der Waals surface area (Å²) < 4.78 is 2.54. The van der Waals surface area contributed by atoms with Crippen molar-refractivity contribution in [2.75, 3.05) is 0 Å². The Hall–Kier alpha value is -1.67. The van der Waals surface area contributed by atoms with E-state index in [9.17, 15) is 4.79 Å². The molecule has 0 amide bonds. The molecule has 0 aliphatic rings. The van der Waals surface area contributed by atoms with E-state index in [4.69, 9.17) is 0 Å². The maximum absolute atomic E-state index is 11.2. The summed E-state index contributed by atoms with van der Waals surface area (Å²) in [6, 6.07) is 1.36. The van der Waals surface area contributed by atoms with Crippen LogP contribution >= 0.6 is 27.7 Å². The fourth-order valence-corrected chi connectivity index (χ4v) is 2.79. The molecule has 3 rings (SSSR count). The van der Waals surface area contributed by atoms with E-state index in [1.165, 1.54) is 24.0 Å². The molecule has 0 aromatic carbocycles. The number of imidazole rings is 1. The quantitative estimate of drug-likeness (QED) is 0.727. The van der Waals surface area contributed by atoms with E-state index in [0.717, 1.165) is 5.65 Å². The van der Waals surface area contributed by atoms with Gasteiger partial charge in [0.15, 0.2) is 10.8 Å². The molecule has 3 aromatic heterocycles. The first-order chi connectivity index (χ1) is 8.72. The molecular formula is C10H6BrN5OS. The number of H-pyrrole nitrogens is 1. The topological polar surface area (TPSA) is 75.9 Å². The number of rotatable bonds is 2. The average Bonchev–Trinajstić information content (AvgIpc) is 2.77. The van der Waals surface area contributed by atoms with Crippen molar-refractivity contribution in [1.29, 1.82) is 0 Å². The van der Waals surface area contributed by atoms with E-state index in [2.05, 4.69) is 35.9 Å². The Morgan fingerprint density at radius 1 is 1.33 bits per heavy atom. The monoisotopic (exact) mass is 323 g/mol. The van der Waals surface area contributed by atoms with Gasteiger partial charge in [-0.05, 0) is 27.7 Å². The Kier molecular flexibility index (Phi) is 2.88. The number of nitrogens with one attached hydrogen (secondary N) is 1. The van der Waals surface area contributed by atoms with Gasteiger partial charge in [-0.3, -0.25) is 4.79 Å². The summed E-state index contributed by atoms with van der Waals surface area (Å²) >= 11 is 4.59. The molecule has 0 atom stereocenters. The highest BCUT2D eigenvalue weighted by molar-refractivity contribution is 9.10. The minimum Gasteiger partial charge on any atom is -0.302 e. The highest BCUT2D eigenvalue weighted by Crippen LogP contribution is 2.26. The molecule has 0 unspecified atom stereocenters. The van der Waals surface area contributed by atoms with Crippen LogP contribution in [0.2, 0.25) is 0 Å². The maximum atomic E-state index is 11.2. The lowest BCUT2D eigenvalue weighted by Crippen LogP contribution is -2.05. The molecule has 0 saturated carbocycles. The smallest absolute Gasteiger partial charge is 0.251 e. The molecule has 6 nitrogen and oxygen atoms in total. The first-order valence-corrected chi connectivity index (χ1v) is 6.56. The van der Waals surface area contributed by atoms with Crippen LogP contribution in [-0.2, 0) is 0 Å². The second-order valence-electron chi connectivity index (χ2n) is 3.37. The molecule has 0 fully saturated rings. The SMILES string of the molecule is O=c1ccnc(Sc2nc(Br)cn3ccnc23)[nH]1. The van der Waals surface area contributed by atoms with E-state index in [1.54, 1.807) is 6.20 Å². The van der Waals surface area contributed by atoms with Crippen molar-refractivity contribution in [3.63, 3.8) is 0 Å². The molecule has 0 aliphatic carbocycles. The summed E-state index contributed by atoms with van der Waals surface area (Å²) in [4.78, 5) is 26.5. The van der Waals surface area contributed by atoms with Crippen LogP contribution in [0.25, 0.3) is 5.65 Å². The third-order valence-electron chi connectivity index (χ3n) is 2.16. The zero-order valence-corrected chi connectivity index (χ0v) is 11.3. The van der Waals surface area contributed by atoms with Crippen LogP contribution < -0.4 is 5.56 Å². The molecule has 0 aliphatic heterocycles. The van der Waals surface area contributed by atoms with E-state index in [1.807, 2.05) is 16.8 Å². The predicted molar refractivity (Wildman–Crippen MR) is 69.7 cm³/mol. The summed E-state index contributed by atoms with van der Waals surface area (Å²) in [6.45, 7) is 0. The number of nitrogens with zero attached hydrogens (tertiary/aromatic N) is 4. The largest absolute Gasteiger partial charge is 0.302 e. The Morgan fingerprint density at radius 3 is 3.06 bits per heavy atom. The van der Waals surface area contributed by atoms with E-state index < -0.39 is 0 Å². The van der Waals surface area contributed by atoms with Gasteiger partial charge in [-0.2, -0.15) is 0 Å². The summed E-state index contributed by atoms with van der Waals surface area (Å²) in [6.07, 6.45) is 6.79. The van der Waals surface area contributed by atoms with Crippen LogP contribution in [0, 0.1) is 0 Å². The zero-order chi connectivity index (χ0) is 12.5. The van der Waals surface area contributed by atoms with E-state index in [-0.39, 0.29) is 5.56 Å². The van der Waals surface area contributed by atoms with Crippen LogP contribution in [0.4, 0.5) is 0 Å². The highest BCUT2D eigenvalue weighted by Gasteiger charge is 2.09. The van der Waals surface area contributed by atoms with Crippen LogP contribution in [0.5, 0.6) is 0 Å². The Balaban J connectivity index is 2.09. The molecule has 3 heterocycles. The van der Waals surface area contributed by atoms with Gasteiger partial charge in [-0.15, -0.1) is 0 Å². The highest BCUT2D eigenvalue weighted by atomic mass is 79.9. The molecule has 90 valence electrons. The normalized spacial score (nSPS) is 10.9. The van der Waals surface area contributed by atoms with Gasteiger partial charge >= 0.3 is 0 Å². The number of hydrogen-bond acceptors (Lipinski definition) is 5. The molecule has 0 saturated heterocycles. The average molecular weight is 324 g/mol. The molecule has 1 N–H and O–H groups in total. The van der Waals surface area contributed by atoms with Gasteiger partial charge < -0.3 is 9.38 Å². The number of aromatic nitrogens is 5. The molecule has 0 bridgehead atoms. The van der Waals surface area contributed by atoms with Crippen molar-refractivity contribution in [3.8, 4) is 0 Å². The second-order valence-corrected chi connectivity index (χ2v) is 5.16. The Bertz CT molecular complexity index is 768. The molecule has 0 radical (unpaired) electrons. The van der Waals surface area contributed by atoms with Gasteiger partial charge in [0.2, 0.25) is 0 Å². The fourth-order valence-electron chi connectivity index (χ4n) is 1.44. The number of aromatic amines is 1. The summed E-state index contributed by atoms with van der Waals surface area (Å²) in [5.74, 6) is 0. The summed E-state index contributed by atoms with van der Waals surface area (Å²) in [5.41, 5.74) is 0.525. The van der Waals surface area contributed by atoms with Crippen LogP contribution in [0.3, 0.4) is 0 Å². The Morgan fingerprint density at radius 2 is 2.22 bits per heavy atom. The maximum Gasteiger partial charge on any atom is 0.251 e. The van der Waals surface area contributed by atoms with Crippen molar-refractivity contribution in [1.82, 2.24) is 24.3 Å². The van der Waals surface area contributed by atoms with Gasteiger partial charge in [-0.25, -0.2) is 15.0 Å². The standard InChI is InChI=1S/C10H6BrN5OS/c11-6-5-16-4-3-12-8(16)9(14-6)18-10-13-2-1-7(17)15-10/h1-5H,(H,13,15,17). The molecule has 8 heteroatoms. The van der Waals surface area contributed by atoms with Crippen molar-refractivity contribution < 1.29 is 0 Å². The van der Waals surface area contributed by atoms with Crippen molar-refractivity contribution >= 4 is 33.3 Å². The van der Waals surface area contributed by atoms with Crippen molar-refractivity contribution in [2.45, 2.75) is 10.2 Å². The van der Waals surface area contributed by atoms with Crippen molar-refractivity contribution in [3.05, 3.63) is 45.8 Å². The van der Waals surface area contributed by atoms with Gasteiger partial charge in [0, 0.05) is 30.9 Å². The first kappa shape index (κ1) is 11.4. The lowest BCUT2D eigenvalue weighted by atomic mass is 10.7. The Labute approximate surface area is 114 Å². The van der Waals surface area contributed by atoms with Crippen LogP contribution in [0.1, 0.15) is 0 Å². The minimum atomic E-state index is -0.193. The number of fused-ring (bicyclic) bond motifs is 1. The molecular weight excluding hydrogens is 318 g/mol. The van der Waals surface area contributed by atoms with E-state index >= 15 is 0 Å². The fraction of sp³-hybridized carbons (Fsp3) is 0. The molecule has 18 heavy (non-hydrogen) atoms. The summed E-state index contributed by atoms with van der Waals surface area (Å²) in [7, 11) is 0. The van der Waals surface area contributed by atoms with Crippen LogP contribution in [-0.4, -0.2) is 24.3 Å². The third-order valence-corrected chi connectivity index (χ3v) is 3.41. The lowest BCUT2D eigenvalue weighted by Gasteiger charge is -2.02. The predicted octanol–water partition coefficient (Wildman–Crippen LogP) is 1.73. The van der Waals surface area contributed by atoms with E-state index in [0.29, 0.717) is 14.8 Å². The molecule has 0 spiro atoms. The summed E-state index contributed by atoms with van der Waals surface area (Å²) in [5, 5.41) is 1.15. The zero-order valence-electron chi connectivity index (χ0n) is 8.87. The first-order valence-electron chi connectivity index (χ1n) is 4.95. The van der Waals surface area contributed by atoms with Gasteiger partial charge in [0.1, 0.15) is 9.63 Å². The van der Waals surface area contributed by atoms with Crippen LogP contribution in [0.15, 0.2) is 50.4 Å². The molecule has 3 aromatic rings. The third kappa shape index (κ3) is 2.16. The lowest BCUT2D eigenvalue weighted by molar-refractivity contribution is 0.926. The van der Waals surface area contributed by atoms with Gasteiger partial charge in [0.05, 0.1) is 0 Å². The minimum absolute atomic E-state index is 0.193. The second kappa shape index (κ2) is 4.54. The number of halogens is 1. The van der Waals surface area contributed by atoms with Gasteiger partial charge in [0.25, 0.3) is 5.56 Å². The number of hydrogen-bond donors (Lipinski definition) is 1. The van der Waals surface area contributed by atoms with Gasteiger partial charge in [-0.1, -0.05) is 0 Å². The van der Waals surface area contributed by atoms with Crippen molar-refractivity contribution in [2.24, 2.45) is 0 Å².